The average Bonchev–Trinajstić information content (AvgIpc) is 3.43. The van der Waals surface area contributed by atoms with E-state index in [4.69, 9.17) is 15.5 Å². The van der Waals surface area contributed by atoms with Crippen LogP contribution in [0.25, 0.3) is 22.9 Å². The molecule has 6 rings (SSSR count). The van der Waals surface area contributed by atoms with Crippen molar-refractivity contribution in [2.45, 2.75) is 56.7 Å². The lowest BCUT2D eigenvalue weighted by Crippen LogP contribution is -2.38. The van der Waals surface area contributed by atoms with Crippen molar-refractivity contribution in [2.24, 2.45) is 0 Å². The molecule has 4 heterocycles. The van der Waals surface area contributed by atoms with Crippen molar-refractivity contribution in [3.05, 3.63) is 77.5 Å². The van der Waals surface area contributed by atoms with Crippen LogP contribution >= 0.6 is 0 Å². The van der Waals surface area contributed by atoms with Crippen molar-refractivity contribution in [1.29, 1.82) is 0 Å². The largest absolute Gasteiger partial charge is 0.416 e. The highest BCUT2D eigenvalue weighted by atomic mass is 19.4. The zero-order valence-electron chi connectivity index (χ0n) is 24.3. The number of nitrogens with two attached hydrogens (primary N) is 1. The Morgan fingerprint density at radius 3 is 2.73 bits per heavy atom. The summed E-state index contributed by atoms with van der Waals surface area (Å²) >= 11 is 0. The normalized spacial score (nSPS) is 20.1. The van der Waals surface area contributed by atoms with Crippen LogP contribution in [0.5, 0.6) is 0 Å². The molecule has 13 heteroatoms. The van der Waals surface area contributed by atoms with E-state index in [2.05, 4.69) is 20.6 Å². The van der Waals surface area contributed by atoms with Gasteiger partial charge in [0.2, 0.25) is 5.91 Å². The number of fused-ring (bicyclic) bond motifs is 3. The van der Waals surface area contributed by atoms with Gasteiger partial charge in [0.15, 0.2) is 0 Å². The molecular weight excluding hydrogens is 587 g/mol. The molecule has 10 nitrogen and oxygen atoms in total. The van der Waals surface area contributed by atoms with E-state index in [0.717, 1.165) is 55.5 Å². The fourth-order valence-corrected chi connectivity index (χ4v) is 5.90. The van der Waals surface area contributed by atoms with Crippen LogP contribution in [0.2, 0.25) is 0 Å². The van der Waals surface area contributed by atoms with Crippen molar-refractivity contribution in [1.82, 2.24) is 24.7 Å². The maximum atomic E-state index is 13.1. The van der Waals surface area contributed by atoms with Crippen LogP contribution in [0.4, 0.5) is 24.8 Å². The number of benzene rings is 1. The number of carbonyl (C=O) groups is 2. The lowest BCUT2D eigenvalue weighted by atomic mass is 9.85. The second kappa shape index (κ2) is 12.7. The third-order valence-corrected chi connectivity index (χ3v) is 8.08. The minimum absolute atomic E-state index is 0.0134. The maximum absolute atomic E-state index is 13.1. The summed E-state index contributed by atoms with van der Waals surface area (Å²) in [5, 5.41) is 5.59. The number of hydrogen-bond donors (Lipinski definition) is 3. The maximum Gasteiger partial charge on any atom is 0.416 e. The van der Waals surface area contributed by atoms with Crippen LogP contribution < -0.4 is 16.4 Å². The molecular formula is C32H32F3N7O3. The minimum atomic E-state index is -4.56. The monoisotopic (exact) mass is 619 g/mol. The van der Waals surface area contributed by atoms with Gasteiger partial charge in [-0.25, -0.2) is 15.0 Å². The summed E-state index contributed by atoms with van der Waals surface area (Å²) in [6.07, 6.45) is 6.49. The van der Waals surface area contributed by atoms with Gasteiger partial charge in [0.05, 0.1) is 30.7 Å². The molecule has 4 N–H and O–H groups in total. The van der Waals surface area contributed by atoms with Gasteiger partial charge in [-0.05, 0) is 56.0 Å². The number of rotatable bonds is 3. The smallest absolute Gasteiger partial charge is 0.382 e. The van der Waals surface area contributed by atoms with Gasteiger partial charge in [0.25, 0.3) is 5.91 Å². The number of nitrogens with zero attached hydrogens (tertiary/aromatic N) is 4. The van der Waals surface area contributed by atoms with Crippen molar-refractivity contribution in [3.8, 4) is 11.3 Å². The summed E-state index contributed by atoms with van der Waals surface area (Å²) in [4.78, 5) is 38.8. The lowest BCUT2D eigenvalue weighted by molar-refractivity contribution is -0.137. The minimum Gasteiger partial charge on any atom is -0.382 e. The number of amides is 2. The Morgan fingerprint density at radius 1 is 1.11 bits per heavy atom. The highest BCUT2D eigenvalue weighted by Gasteiger charge is 2.32. The van der Waals surface area contributed by atoms with E-state index < -0.39 is 17.6 Å². The van der Waals surface area contributed by atoms with Gasteiger partial charge < -0.3 is 21.1 Å². The zero-order valence-corrected chi connectivity index (χ0v) is 24.3. The first kappa shape index (κ1) is 30.3. The number of aromatic nitrogens is 4. The third kappa shape index (κ3) is 6.68. The number of hydrogen-bond acceptors (Lipinski definition) is 7. The van der Waals surface area contributed by atoms with E-state index in [1.54, 1.807) is 30.5 Å². The summed E-state index contributed by atoms with van der Waals surface area (Å²) in [7, 11) is 0. The van der Waals surface area contributed by atoms with Crippen LogP contribution in [-0.2, 0) is 15.7 Å². The van der Waals surface area contributed by atoms with Crippen LogP contribution in [0, 0.1) is 0 Å². The van der Waals surface area contributed by atoms with Crippen molar-refractivity contribution in [2.75, 3.05) is 24.3 Å². The van der Waals surface area contributed by atoms with Gasteiger partial charge in [-0.15, -0.1) is 0 Å². The predicted molar refractivity (Wildman–Crippen MR) is 162 cm³/mol. The van der Waals surface area contributed by atoms with Gasteiger partial charge in [-0.2, -0.15) is 13.2 Å². The van der Waals surface area contributed by atoms with Gasteiger partial charge in [-0.1, -0.05) is 24.6 Å². The molecule has 2 atom stereocenters. The highest BCUT2D eigenvalue weighted by molar-refractivity contribution is 6.04. The molecule has 45 heavy (non-hydrogen) atoms. The van der Waals surface area contributed by atoms with Crippen LogP contribution in [0.15, 0.2) is 54.9 Å². The summed E-state index contributed by atoms with van der Waals surface area (Å²) in [6, 6.07) is 8.21. The molecule has 0 saturated heterocycles. The SMILES string of the molecule is Nc1ncc2n3c(nc(-c4ccc(C(=O)Nc5cc(C(F)(F)F)ccn5)cc4)c13)[C@@H]1CCC[C@H](C1)NC(=O)CCOCC/C=C/2. The van der Waals surface area contributed by atoms with Gasteiger partial charge in [0.1, 0.15) is 28.7 Å². The molecule has 3 aromatic heterocycles. The van der Waals surface area contributed by atoms with Crippen LogP contribution in [0.1, 0.15) is 71.9 Å². The molecule has 1 saturated carbocycles. The lowest BCUT2D eigenvalue weighted by Gasteiger charge is -2.29. The Bertz CT molecular complexity index is 1750. The number of anilines is 2. The molecule has 0 radical (unpaired) electrons. The van der Waals surface area contributed by atoms with Crippen molar-refractivity contribution < 1.29 is 27.5 Å². The second-order valence-electron chi connectivity index (χ2n) is 11.2. The van der Waals surface area contributed by atoms with Crippen LogP contribution in [-0.4, -0.2) is 50.4 Å². The van der Waals surface area contributed by atoms with E-state index in [-0.39, 0.29) is 29.2 Å². The molecule has 234 valence electrons. The third-order valence-electron chi connectivity index (χ3n) is 8.08. The first-order chi connectivity index (χ1) is 21.7. The van der Waals surface area contributed by atoms with E-state index in [1.165, 1.54) is 0 Å². The summed E-state index contributed by atoms with van der Waals surface area (Å²) in [6.45, 7) is 0.851. The molecule has 0 spiro atoms. The van der Waals surface area contributed by atoms with Crippen molar-refractivity contribution >= 4 is 35.0 Å². The Hall–Kier alpha value is -4.78. The van der Waals surface area contributed by atoms with Gasteiger partial charge in [0, 0.05) is 35.7 Å². The number of nitrogens with one attached hydrogen (secondary N) is 2. The molecule has 1 aliphatic carbocycles. The number of nitrogen functional groups attached to an aromatic ring is 1. The average molecular weight is 620 g/mol. The number of alkyl halides is 3. The quantitative estimate of drug-likeness (QED) is 0.271. The fourth-order valence-electron chi connectivity index (χ4n) is 5.90. The number of pyridine rings is 1. The summed E-state index contributed by atoms with van der Waals surface area (Å²) in [5.74, 6) is 0.316. The number of halogens is 3. The molecule has 2 bridgehead atoms. The number of imidazole rings is 1. The summed E-state index contributed by atoms with van der Waals surface area (Å²) in [5.41, 5.74) is 8.50. The van der Waals surface area contributed by atoms with E-state index in [9.17, 15) is 22.8 Å². The van der Waals surface area contributed by atoms with E-state index >= 15 is 0 Å². The fraction of sp³-hybridized carbons (Fsp3) is 0.344. The van der Waals surface area contributed by atoms with Gasteiger partial charge >= 0.3 is 6.18 Å². The zero-order chi connectivity index (χ0) is 31.6. The van der Waals surface area contributed by atoms with Crippen molar-refractivity contribution in [3.63, 3.8) is 0 Å². The molecule has 0 unspecified atom stereocenters. The van der Waals surface area contributed by atoms with E-state index in [0.29, 0.717) is 48.6 Å². The van der Waals surface area contributed by atoms with Crippen LogP contribution in [0.3, 0.4) is 0 Å². The predicted octanol–water partition coefficient (Wildman–Crippen LogP) is 5.61. The first-order valence-corrected chi connectivity index (χ1v) is 14.8. The Kier molecular flexibility index (Phi) is 8.52. The topological polar surface area (TPSA) is 137 Å². The molecule has 1 aliphatic heterocycles. The summed E-state index contributed by atoms with van der Waals surface area (Å²) < 4.78 is 47.0. The second-order valence-corrected chi connectivity index (χ2v) is 11.2. The van der Waals surface area contributed by atoms with Gasteiger partial charge in [-0.3, -0.25) is 14.0 Å². The highest BCUT2D eigenvalue weighted by Crippen LogP contribution is 2.38. The molecule has 4 aromatic rings. The number of carbonyl (C=O) groups excluding carboxylic acids is 2. The van der Waals surface area contributed by atoms with E-state index in [1.807, 2.05) is 16.6 Å². The molecule has 1 fully saturated rings. The molecule has 2 amide bonds. The Labute approximate surface area is 256 Å². The molecule has 2 aliphatic rings. The first-order valence-electron chi connectivity index (χ1n) is 14.8. The standard InChI is InChI=1S/C32H32F3N7O3/c33-32(34,35)22-11-13-37-25(17-22)40-31(44)20-9-7-19(8-10-20)27-28-29(36)38-18-24-6-1-2-14-45-15-12-26(43)39-23-5-3-4-21(16-23)30(41-27)42(24)28/h1,6-11,13,17-18,21,23H,2-5,12,14-16H2,(H2,36,38)(H,39,43)(H,37,40,44)/b6-1+/t21-,23-/m1/s1. The number of ether oxygens (including phenoxy) is 1. The molecule has 1 aromatic carbocycles. The Morgan fingerprint density at radius 2 is 1.93 bits per heavy atom. The Balaban J connectivity index is 1.35.